The topological polar surface area (TPSA) is 84.3 Å². The number of rotatable bonds is 3. The minimum Gasteiger partial charge on any atom is -0.339 e. The molecule has 7 nitrogen and oxygen atoms in total. The first kappa shape index (κ1) is 19.3. The monoisotopic (exact) mass is 410 g/mol. The minimum atomic E-state index is -0.208. The molecule has 0 radical (unpaired) electrons. The number of likely N-dealkylation sites (tertiary alicyclic amines) is 1. The van der Waals surface area contributed by atoms with Crippen LogP contribution in [0.4, 0.5) is 5.13 Å². The Hall–Kier alpha value is -3.00. The van der Waals surface area contributed by atoms with Crippen molar-refractivity contribution in [2.24, 2.45) is 13.0 Å². The lowest BCUT2D eigenvalue weighted by Crippen LogP contribution is -2.42. The average Bonchev–Trinajstić information content (AvgIpc) is 3.15. The van der Waals surface area contributed by atoms with Crippen molar-refractivity contribution in [3.63, 3.8) is 0 Å². The third-order valence-electron chi connectivity index (χ3n) is 5.39. The molecule has 3 heterocycles. The van der Waals surface area contributed by atoms with E-state index < -0.39 is 0 Å². The number of piperidine rings is 1. The molecule has 1 aliphatic rings. The number of nitrogens with zero attached hydrogens (tertiary/aromatic N) is 3. The number of aryl methyl sites for hydroxylation is 2. The Kier molecular flexibility index (Phi) is 5.19. The number of carbonyl (C=O) groups excluding carboxylic acids is 2. The number of benzene rings is 1. The van der Waals surface area contributed by atoms with E-state index in [0.717, 1.165) is 16.6 Å². The van der Waals surface area contributed by atoms with E-state index >= 15 is 0 Å². The smallest absolute Gasteiger partial charge is 0.254 e. The van der Waals surface area contributed by atoms with Crippen molar-refractivity contribution < 1.29 is 9.59 Å². The number of anilines is 1. The van der Waals surface area contributed by atoms with Gasteiger partial charge in [-0.25, -0.2) is 4.98 Å². The van der Waals surface area contributed by atoms with Gasteiger partial charge in [-0.1, -0.05) is 18.2 Å². The summed E-state index contributed by atoms with van der Waals surface area (Å²) in [5.41, 5.74) is 1.83. The number of aromatic nitrogens is 2. The molecule has 3 aromatic rings. The van der Waals surface area contributed by atoms with Gasteiger partial charge in [0.15, 0.2) is 5.13 Å². The van der Waals surface area contributed by atoms with Gasteiger partial charge in [0.25, 0.3) is 11.5 Å². The number of carbonyl (C=O) groups is 2. The Balaban J connectivity index is 1.47. The molecule has 0 unspecified atom stereocenters. The first-order valence-electron chi connectivity index (χ1n) is 9.55. The third kappa shape index (κ3) is 3.80. The maximum Gasteiger partial charge on any atom is 0.254 e. The second-order valence-corrected chi connectivity index (χ2v) is 8.18. The molecule has 0 spiro atoms. The Bertz CT molecular complexity index is 1140. The highest BCUT2D eigenvalue weighted by atomic mass is 32.1. The second kappa shape index (κ2) is 7.79. The van der Waals surface area contributed by atoms with E-state index in [1.54, 1.807) is 16.5 Å². The molecule has 2 amide bonds. The summed E-state index contributed by atoms with van der Waals surface area (Å²) < 4.78 is 1.54. The summed E-state index contributed by atoms with van der Waals surface area (Å²) in [7, 11) is 1.70. The summed E-state index contributed by atoms with van der Waals surface area (Å²) in [5, 5.41) is 6.13. The van der Waals surface area contributed by atoms with Crippen molar-refractivity contribution in [1.82, 2.24) is 14.5 Å². The minimum absolute atomic E-state index is 0.0505. The molecule has 0 bridgehead atoms. The summed E-state index contributed by atoms with van der Waals surface area (Å²) in [6, 6.07) is 8.82. The molecule has 150 valence electrons. The SMILES string of the molecule is Cc1csc(NC(=O)C2CCN(C(=O)c3cc(=O)n(C)c4ccccc34)CC2)n1. The highest BCUT2D eigenvalue weighted by Gasteiger charge is 2.29. The van der Waals surface area contributed by atoms with Gasteiger partial charge in [0.1, 0.15) is 0 Å². The predicted octanol–water partition coefficient (Wildman–Crippen LogP) is 2.79. The molecule has 2 aromatic heterocycles. The molecule has 1 aliphatic heterocycles. The van der Waals surface area contributed by atoms with Crippen molar-refractivity contribution in [3.05, 3.63) is 57.3 Å². The summed E-state index contributed by atoms with van der Waals surface area (Å²) >= 11 is 1.41. The molecule has 1 aromatic carbocycles. The number of nitrogens with one attached hydrogen (secondary N) is 1. The number of thiazole rings is 1. The van der Waals surface area contributed by atoms with Crippen LogP contribution >= 0.6 is 11.3 Å². The normalized spacial score (nSPS) is 14.9. The summed E-state index contributed by atoms with van der Waals surface area (Å²) in [6.45, 7) is 2.85. The molecular weight excluding hydrogens is 388 g/mol. The largest absolute Gasteiger partial charge is 0.339 e. The standard InChI is InChI=1S/C21H22N4O3S/c1-13-12-29-21(22-13)23-19(27)14-7-9-25(10-8-14)20(28)16-11-18(26)24(2)17-6-4-3-5-15(16)17/h3-6,11-12,14H,7-10H2,1-2H3,(H,22,23,27). The highest BCUT2D eigenvalue weighted by Crippen LogP contribution is 2.24. The van der Waals surface area contributed by atoms with E-state index in [-0.39, 0.29) is 23.3 Å². The average molecular weight is 410 g/mol. The number of amides is 2. The number of hydrogen-bond donors (Lipinski definition) is 1. The Morgan fingerprint density at radius 1 is 1.21 bits per heavy atom. The van der Waals surface area contributed by atoms with E-state index in [1.807, 2.05) is 36.6 Å². The van der Waals surface area contributed by atoms with Crippen LogP contribution in [0.25, 0.3) is 10.9 Å². The molecule has 1 fully saturated rings. The van der Waals surface area contributed by atoms with Gasteiger partial charge < -0.3 is 14.8 Å². The van der Waals surface area contributed by atoms with Crippen LogP contribution in [-0.4, -0.2) is 39.4 Å². The van der Waals surface area contributed by atoms with Crippen molar-refractivity contribution >= 4 is 39.2 Å². The maximum absolute atomic E-state index is 13.1. The van der Waals surface area contributed by atoms with Crippen LogP contribution in [0.15, 0.2) is 40.5 Å². The third-order valence-corrected chi connectivity index (χ3v) is 6.26. The molecule has 29 heavy (non-hydrogen) atoms. The van der Waals surface area contributed by atoms with Gasteiger partial charge in [0.05, 0.1) is 16.8 Å². The van der Waals surface area contributed by atoms with E-state index in [2.05, 4.69) is 10.3 Å². The van der Waals surface area contributed by atoms with Gasteiger partial charge >= 0.3 is 0 Å². The van der Waals surface area contributed by atoms with Crippen LogP contribution < -0.4 is 10.9 Å². The molecule has 1 N–H and O–H groups in total. The first-order chi connectivity index (χ1) is 13.9. The zero-order valence-corrected chi connectivity index (χ0v) is 17.2. The van der Waals surface area contributed by atoms with E-state index in [9.17, 15) is 14.4 Å². The molecule has 0 atom stereocenters. The molecule has 1 saturated heterocycles. The Morgan fingerprint density at radius 2 is 1.93 bits per heavy atom. The summed E-state index contributed by atoms with van der Waals surface area (Å²) in [5.74, 6) is -0.359. The summed E-state index contributed by atoms with van der Waals surface area (Å²) in [6.07, 6.45) is 1.18. The first-order valence-corrected chi connectivity index (χ1v) is 10.4. The summed E-state index contributed by atoms with van der Waals surface area (Å²) in [4.78, 5) is 43.9. The van der Waals surface area contributed by atoms with Gasteiger partial charge in [0.2, 0.25) is 5.91 Å². The Morgan fingerprint density at radius 3 is 2.62 bits per heavy atom. The maximum atomic E-state index is 13.1. The van der Waals surface area contributed by atoms with E-state index in [1.165, 1.54) is 17.4 Å². The fourth-order valence-electron chi connectivity index (χ4n) is 3.72. The molecular formula is C21H22N4O3S. The lowest BCUT2D eigenvalue weighted by Gasteiger charge is -2.31. The van der Waals surface area contributed by atoms with Crippen molar-refractivity contribution in [3.8, 4) is 0 Å². The van der Waals surface area contributed by atoms with Gasteiger partial charge in [-0.15, -0.1) is 11.3 Å². The van der Waals surface area contributed by atoms with Crippen molar-refractivity contribution in [2.45, 2.75) is 19.8 Å². The number of para-hydroxylation sites is 1. The fourth-order valence-corrected chi connectivity index (χ4v) is 4.41. The van der Waals surface area contributed by atoms with Crippen molar-refractivity contribution in [2.75, 3.05) is 18.4 Å². The quantitative estimate of drug-likeness (QED) is 0.720. The van der Waals surface area contributed by atoms with E-state index in [0.29, 0.717) is 36.6 Å². The van der Waals surface area contributed by atoms with Crippen LogP contribution in [0.2, 0.25) is 0 Å². The Labute approximate surface area is 172 Å². The van der Waals surface area contributed by atoms with Gasteiger partial charge in [-0.05, 0) is 25.8 Å². The lowest BCUT2D eigenvalue weighted by molar-refractivity contribution is -0.121. The number of hydrogen-bond acceptors (Lipinski definition) is 5. The van der Waals surface area contributed by atoms with Crippen LogP contribution in [0.3, 0.4) is 0 Å². The molecule has 0 saturated carbocycles. The van der Waals surface area contributed by atoms with Gasteiger partial charge in [-0.2, -0.15) is 0 Å². The predicted molar refractivity (Wildman–Crippen MR) is 113 cm³/mol. The highest BCUT2D eigenvalue weighted by molar-refractivity contribution is 7.13. The lowest BCUT2D eigenvalue weighted by atomic mass is 9.95. The molecule has 4 rings (SSSR count). The van der Waals surface area contributed by atoms with Crippen LogP contribution in [-0.2, 0) is 11.8 Å². The van der Waals surface area contributed by atoms with Crippen molar-refractivity contribution in [1.29, 1.82) is 0 Å². The van der Waals surface area contributed by atoms with Crippen LogP contribution in [0.5, 0.6) is 0 Å². The molecule has 8 heteroatoms. The number of fused-ring (bicyclic) bond motifs is 1. The second-order valence-electron chi connectivity index (χ2n) is 7.32. The van der Waals surface area contributed by atoms with Gasteiger partial charge in [-0.3, -0.25) is 14.4 Å². The zero-order valence-electron chi connectivity index (χ0n) is 16.3. The zero-order chi connectivity index (χ0) is 20.5. The fraction of sp³-hybridized carbons (Fsp3) is 0.333. The number of pyridine rings is 1. The molecule has 0 aliphatic carbocycles. The van der Waals surface area contributed by atoms with Crippen LogP contribution in [0, 0.1) is 12.8 Å². The van der Waals surface area contributed by atoms with E-state index in [4.69, 9.17) is 0 Å². The van der Waals surface area contributed by atoms with Gasteiger partial charge in [0, 0.05) is 42.9 Å². The van der Waals surface area contributed by atoms with Crippen LogP contribution in [0.1, 0.15) is 28.9 Å².